The van der Waals surface area contributed by atoms with E-state index >= 15 is 0 Å². The molecule has 0 spiro atoms. The Labute approximate surface area is 106 Å². The number of rotatable bonds is 6. The summed E-state index contributed by atoms with van der Waals surface area (Å²) < 4.78 is 5.97. The average molecular weight is 238 g/mol. The molecular formula is C14H26N2O. The van der Waals surface area contributed by atoms with E-state index in [0.29, 0.717) is 0 Å². The number of hydrogen-bond donors (Lipinski definition) is 1. The minimum atomic E-state index is -0.184. The van der Waals surface area contributed by atoms with Crippen molar-refractivity contribution in [2.24, 2.45) is 5.41 Å². The fourth-order valence-electron chi connectivity index (χ4n) is 2.20. The maximum absolute atomic E-state index is 8.91. The highest BCUT2D eigenvalue weighted by molar-refractivity contribution is 4.91. The molecule has 1 rings (SSSR count). The molecule has 0 aliphatic carbocycles. The zero-order chi connectivity index (χ0) is 12.8. The molecule has 1 heterocycles. The molecule has 1 atom stereocenters. The van der Waals surface area contributed by atoms with Crippen molar-refractivity contribution >= 4 is 0 Å². The molecule has 0 saturated carbocycles. The van der Waals surface area contributed by atoms with E-state index in [-0.39, 0.29) is 11.0 Å². The SMILES string of the molecule is CC(C)(C#N)CCCCOC1(C)CCCNC1. The van der Waals surface area contributed by atoms with Crippen molar-refractivity contribution in [1.82, 2.24) is 5.32 Å². The van der Waals surface area contributed by atoms with Gasteiger partial charge in [-0.2, -0.15) is 5.26 Å². The predicted molar refractivity (Wildman–Crippen MR) is 69.7 cm³/mol. The number of nitrogens with zero attached hydrogens (tertiary/aromatic N) is 1. The molecule has 0 aromatic carbocycles. The van der Waals surface area contributed by atoms with Gasteiger partial charge < -0.3 is 10.1 Å². The fourth-order valence-corrected chi connectivity index (χ4v) is 2.20. The van der Waals surface area contributed by atoms with Crippen molar-refractivity contribution in [3.63, 3.8) is 0 Å². The van der Waals surface area contributed by atoms with Gasteiger partial charge in [-0.3, -0.25) is 0 Å². The second-order valence-electron chi connectivity index (χ2n) is 6.03. The van der Waals surface area contributed by atoms with Crippen molar-refractivity contribution in [3.05, 3.63) is 0 Å². The Morgan fingerprint density at radius 2 is 2.18 bits per heavy atom. The van der Waals surface area contributed by atoms with Crippen LogP contribution in [0.2, 0.25) is 0 Å². The van der Waals surface area contributed by atoms with E-state index in [4.69, 9.17) is 10.00 Å². The summed E-state index contributed by atoms with van der Waals surface area (Å²) in [6.45, 7) is 9.10. The van der Waals surface area contributed by atoms with E-state index in [1.165, 1.54) is 6.42 Å². The minimum Gasteiger partial charge on any atom is -0.374 e. The van der Waals surface area contributed by atoms with Gasteiger partial charge in [0.2, 0.25) is 0 Å². The van der Waals surface area contributed by atoms with Gasteiger partial charge in [-0.05, 0) is 59.4 Å². The van der Waals surface area contributed by atoms with E-state index in [0.717, 1.165) is 45.4 Å². The Morgan fingerprint density at radius 3 is 2.76 bits per heavy atom. The second kappa shape index (κ2) is 6.37. The summed E-state index contributed by atoms with van der Waals surface area (Å²) in [5.74, 6) is 0. The molecule has 1 saturated heterocycles. The smallest absolute Gasteiger partial charge is 0.0778 e. The number of nitriles is 1. The molecule has 1 N–H and O–H groups in total. The normalized spacial score (nSPS) is 25.5. The summed E-state index contributed by atoms with van der Waals surface area (Å²) >= 11 is 0. The summed E-state index contributed by atoms with van der Waals surface area (Å²) in [6.07, 6.45) is 5.45. The summed E-state index contributed by atoms with van der Waals surface area (Å²) in [4.78, 5) is 0. The lowest BCUT2D eigenvalue weighted by Gasteiger charge is -2.34. The largest absolute Gasteiger partial charge is 0.374 e. The van der Waals surface area contributed by atoms with E-state index in [1.807, 2.05) is 13.8 Å². The molecular weight excluding hydrogens is 212 g/mol. The number of ether oxygens (including phenoxy) is 1. The van der Waals surface area contributed by atoms with Gasteiger partial charge in [-0.15, -0.1) is 0 Å². The molecule has 3 nitrogen and oxygen atoms in total. The first-order chi connectivity index (χ1) is 7.97. The first-order valence-electron chi connectivity index (χ1n) is 6.73. The zero-order valence-corrected chi connectivity index (χ0v) is 11.5. The lowest BCUT2D eigenvalue weighted by Crippen LogP contribution is -2.45. The van der Waals surface area contributed by atoms with Gasteiger partial charge in [0.15, 0.2) is 0 Å². The molecule has 0 aromatic heterocycles. The standard InChI is InChI=1S/C14H26N2O/c1-13(2,11-15)7-4-5-10-17-14(3)8-6-9-16-12-14/h16H,4-10,12H2,1-3H3. The average Bonchev–Trinajstić information content (AvgIpc) is 2.29. The summed E-state index contributed by atoms with van der Waals surface area (Å²) in [7, 11) is 0. The van der Waals surface area contributed by atoms with E-state index < -0.39 is 0 Å². The predicted octanol–water partition coefficient (Wildman–Crippen LogP) is 2.87. The van der Waals surface area contributed by atoms with E-state index in [2.05, 4.69) is 18.3 Å². The van der Waals surface area contributed by atoms with Crippen LogP contribution in [-0.2, 0) is 4.74 Å². The minimum absolute atomic E-state index is 0.0308. The Morgan fingerprint density at radius 1 is 1.41 bits per heavy atom. The third-order valence-corrected chi connectivity index (χ3v) is 3.51. The highest BCUT2D eigenvalue weighted by Gasteiger charge is 2.27. The summed E-state index contributed by atoms with van der Waals surface area (Å²) in [6, 6.07) is 2.34. The van der Waals surface area contributed by atoms with E-state index in [9.17, 15) is 0 Å². The van der Waals surface area contributed by atoms with Gasteiger partial charge in [-0.25, -0.2) is 0 Å². The number of piperidine rings is 1. The van der Waals surface area contributed by atoms with Gasteiger partial charge in [0.05, 0.1) is 17.1 Å². The van der Waals surface area contributed by atoms with Crippen molar-refractivity contribution in [3.8, 4) is 6.07 Å². The van der Waals surface area contributed by atoms with Crippen LogP contribution in [0.5, 0.6) is 0 Å². The Balaban J connectivity index is 2.10. The molecule has 0 aromatic rings. The maximum atomic E-state index is 8.91. The number of hydrogen-bond acceptors (Lipinski definition) is 3. The van der Waals surface area contributed by atoms with Crippen LogP contribution in [-0.4, -0.2) is 25.3 Å². The molecule has 1 aliphatic heterocycles. The van der Waals surface area contributed by atoms with Gasteiger partial charge >= 0.3 is 0 Å². The molecule has 1 fully saturated rings. The zero-order valence-electron chi connectivity index (χ0n) is 11.5. The Kier molecular flexibility index (Phi) is 5.42. The van der Waals surface area contributed by atoms with Crippen molar-refractivity contribution < 1.29 is 4.74 Å². The van der Waals surface area contributed by atoms with Crippen LogP contribution in [0.3, 0.4) is 0 Å². The maximum Gasteiger partial charge on any atom is 0.0778 e. The first-order valence-corrected chi connectivity index (χ1v) is 6.73. The van der Waals surface area contributed by atoms with Gasteiger partial charge in [0.25, 0.3) is 0 Å². The van der Waals surface area contributed by atoms with Crippen molar-refractivity contribution in [2.75, 3.05) is 19.7 Å². The van der Waals surface area contributed by atoms with Crippen LogP contribution >= 0.6 is 0 Å². The summed E-state index contributed by atoms with van der Waals surface area (Å²) in [5, 5.41) is 12.3. The fraction of sp³-hybridized carbons (Fsp3) is 0.929. The van der Waals surface area contributed by atoms with Crippen molar-refractivity contribution in [1.29, 1.82) is 5.26 Å². The number of unbranched alkanes of at least 4 members (excludes halogenated alkanes) is 1. The van der Waals surface area contributed by atoms with Crippen LogP contribution in [0.4, 0.5) is 0 Å². The summed E-state index contributed by atoms with van der Waals surface area (Å²) in [5.41, 5.74) is -0.153. The lowest BCUT2D eigenvalue weighted by molar-refractivity contribution is -0.0481. The van der Waals surface area contributed by atoms with Crippen LogP contribution in [0, 0.1) is 16.7 Å². The van der Waals surface area contributed by atoms with Gasteiger partial charge in [-0.1, -0.05) is 0 Å². The third kappa shape index (κ3) is 5.52. The quantitative estimate of drug-likeness (QED) is 0.724. The Bertz CT molecular complexity index is 262. The van der Waals surface area contributed by atoms with Crippen LogP contribution in [0.25, 0.3) is 0 Å². The van der Waals surface area contributed by atoms with Gasteiger partial charge in [0.1, 0.15) is 0 Å². The van der Waals surface area contributed by atoms with Crippen LogP contribution < -0.4 is 5.32 Å². The molecule has 0 amide bonds. The molecule has 17 heavy (non-hydrogen) atoms. The lowest BCUT2D eigenvalue weighted by atomic mass is 9.89. The van der Waals surface area contributed by atoms with Crippen LogP contribution in [0.1, 0.15) is 52.9 Å². The second-order valence-corrected chi connectivity index (χ2v) is 6.03. The Hall–Kier alpha value is -0.590. The highest BCUT2D eigenvalue weighted by atomic mass is 16.5. The topological polar surface area (TPSA) is 45.0 Å². The van der Waals surface area contributed by atoms with Gasteiger partial charge in [0, 0.05) is 13.2 Å². The molecule has 3 heteroatoms. The highest BCUT2D eigenvalue weighted by Crippen LogP contribution is 2.23. The third-order valence-electron chi connectivity index (χ3n) is 3.51. The molecule has 0 bridgehead atoms. The van der Waals surface area contributed by atoms with E-state index in [1.54, 1.807) is 0 Å². The van der Waals surface area contributed by atoms with Crippen molar-refractivity contribution in [2.45, 2.75) is 58.5 Å². The molecule has 98 valence electrons. The number of nitrogens with one attached hydrogen (secondary N) is 1. The first kappa shape index (κ1) is 14.5. The molecule has 0 radical (unpaired) electrons. The molecule has 1 unspecified atom stereocenters. The molecule has 1 aliphatic rings. The van der Waals surface area contributed by atoms with Crippen LogP contribution in [0.15, 0.2) is 0 Å². The monoisotopic (exact) mass is 238 g/mol.